The van der Waals surface area contributed by atoms with E-state index in [-0.39, 0.29) is 35.7 Å². The number of ether oxygens (including phenoxy) is 2. The lowest BCUT2D eigenvalue weighted by Crippen LogP contribution is -2.45. The second-order valence-electron chi connectivity index (χ2n) is 10.4. The van der Waals surface area contributed by atoms with Crippen molar-refractivity contribution in [1.82, 2.24) is 9.88 Å². The topological polar surface area (TPSA) is 161 Å². The minimum absolute atomic E-state index is 0.173. The number of hydrogen-bond donors (Lipinski definition) is 3. The van der Waals surface area contributed by atoms with Crippen molar-refractivity contribution in [3.63, 3.8) is 0 Å². The molecule has 0 saturated heterocycles. The maximum absolute atomic E-state index is 13.5. The second-order valence-corrected chi connectivity index (χ2v) is 11.4. The number of nitrogens with one attached hydrogen (secondary N) is 1. The monoisotopic (exact) mass is 532 g/mol. The number of aliphatic hydroxyl groups is 1. The molecule has 1 aromatic heterocycles. The predicted molar refractivity (Wildman–Crippen MR) is 138 cm³/mol. The number of primary amides is 1. The summed E-state index contributed by atoms with van der Waals surface area (Å²) in [5, 5.41) is 13.8. The lowest BCUT2D eigenvalue weighted by atomic mass is 9.90. The summed E-state index contributed by atoms with van der Waals surface area (Å²) in [7, 11) is 0. The average Bonchev–Trinajstić information content (AvgIpc) is 3.14. The largest absolute Gasteiger partial charge is 0.506 e. The normalized spacial score (nSPS) is 17.6. The molecule has 0 aromatic carbocycles. The molecule has 11 nitrogen and oxygen atoms in total. The molecule has 2 aliphatic rings. The number of hydrogen-bond acceptors (Lipinski definition) is 9. The zero-order valence-corrected chi connectivity index (χ0v) is 22.5. The molecule has 0 radical (unpaired) electrons. The van der Waals surface area contributed by atoms with Crippen LogP contribution in [0.2, 0.25) is 0 Å². The average molecular weight is 533 g/mol. The Morgan fingerprint density at radius 1 is 1.19 bits per heavy atom. The van der Waals surface area contributed by atoms with E-state index in [9.17, 15) is 24.3 Å². The van der Waals surface area contributed by atoms with Crippen LogP contribution in [0.3, 0.4) is 0 Å². The molecule has 1 unspecified atom stereocenters. The molecule has 37 heavy (non-hydrogen) atoms. The van der Waals surface area contributed by atoms with Crippen molar-refractivity contribution in [2.75, 3.05) is 5.32 Å². The summed E-state index contributed by atoms with van der Waals surface area (Å²) in [5.41, 5.74) is 4.34. The van der Waals surface area contributed by atoms with E-state index in [4.69, 9.17) is 15.2 Å². The van der Waals surface area contributed by atoms with Gasteiger partial charge in [0.15, 0.2) is 10.9 Å². The molecule has 12 heteroatoms. The van der Waals surface area contributed by atoms with Gasteiger partial charge < -0.3 is 25.6 Å². The number of allylic oxidation sites excluding steroid dienone is 3. The molecule has 1 atom stereocenters. The quantitative estimate of drug-likeness (QED) is 0.491. The van der Waals surface area contributed by atoms with Crippen LogP contribution in [0.1, 0.15) is 65.0 Å². The van der Waals surface area contributed by atoms with Crippen LogP contribution >= 0.6 is 11.3 Å². The van der Waals surface area contributed by atoms with Gasteiger partial charge in [0.05, 0.1) is 16.6 Å². The van der Waals surface area contributed by atoms with E-state index in [0.717, 1.165) is 11.3 Å². The van der Waals surface area contributed by atoms with Gasteiger partial charge in [-0.1, -0.05) is 23.5 Å². The van der Waals surface area contributed by atoms with E-state index in [1.807, 2.05) is 0 Å². The van der Waals surface area contributed by atoms with Crippen LogP contribution in [0.5, 0.6) is 0 Å². The third-order valence-corrected chi connectivity index (χ3v) is 6.46. The van der Waals surface area contributed by atoms with Gasteiger partial charge in [-0.2, -0.15) is 0 Å². The summed E-state index contributed by atoms with van der Waals surface area (Å²) in [6.45, 7) is 9.86. The van der Waals surface area contributed by atoms with E-state index in [0.29, 0.717) is 22.1 Å². The molecule has 2 heterocycles. The van der Waals surface area contributed by atoms with Gasteiger partial charge in [0.25, 0.3) is 0 Å². The number of thiazole rings is 1. The Morgan fingerprint density at radius 2 is 1.86 bits per heavy atom. The van der Waals surface area contributed by atoms with Gasteiger partial charge in [0, 0.05) is 30.7 Å². The SMILES string of the molecule is CC(=O)Nc1nc2c(s1)C(O)=C(C(=O)C1=CN(C(=O)OC(C)(C)C)C(CC(C)(C)OC(N)=O)C=C1)CC2. The highest BCUT2D eigenvalue weighted by atomic mass is 32.1. The number of ketones is 1. The number of carbonyl (C=O) groups excluding carboxylic acids is 4. The van der Waals surface area contributed by atoms with Gasteiger partial charge in [-0.3, -0.25) is 14.5 Å². The van der Waals surface area contributed by atoms with Crippen LogP contribution in [0, 0.1) is 0 Å². The molecule has 200 valence electrons. The maximum atomic E-state index is 13.5. The van der Waals surface area contributed by atoms with E-state index in [1.54, 1.807) is 46.8 Å². The van der Waals surface area contributed by atoms with Crippen molar-refractivity contribution in [2.24, 2.45) is 5.73 Å². The zero-order chi connectivity index (χ0) is 27.7. The number of anilines is 1. The fraction of sp³-hybridized carbons (Fsp3) is 0.480. The number of carbonyl (C=O) groups is 4. The Bertz CT molecular complexity index is 1220. The molecule has 0 bridgehead atoms. The third-order valence-electron chi connectivity index (χ3n) is 5.44. The molecule has 0 saturated carbocycles. The summed E-state index contributed by atoms with van der Waals surface area (Å²) in [6, 6.07) is -0.594. The number of rotatable bonds is 6. The van der Waals surface area contributed by atoms with Crippen LogP contribution < -0.4 is 11.1 Å². The number of fused-ring (bicyclic) bond motifs is 1. The van der Waals surface area contributed by atoms with Gasteiger partial charge in [-0.25, -0.2) is 14.6 Å². The first-order chi connectivity index (χ1) is 17.1. The fourth-order valence-corrected chi connectivity index (χ4v) is 5.05. The highest BCUT2D eigenvalue weighted by Crippen LogP contribution is 2.37. The molecule has 3 amide bonds. The number of nitrogens with zero attached hydrogens (tertiary/aromatic N) is 2. The molecule has 1 aliphatic carbocycles. The summed E-state index contributed by atoms with van der Waals surface area (Å²) < 4.78 is 10.7. The minimum Gasteiger partial charge on any atom is -0.506 e. The highest BCUT2D eigenvalue weighted by Gasteiger charge is 2.36. The van der Waals surface area contributed by atoms with Crippen LogP contribution in [0.4, 0.5) is 14.7 Å². The van der Waals surface area contributed by atoms with Crippen molar-refractivity contribution < 1.29 is 33.8 Å². The van der Waals surface area contributed by atoms with Crippen molar-refractivity contribution in [3.05, 3.63) is 40.1 Å². The number of nitrogens with two attached hydrogens (primary N) is 1. The van der Waals surface area contributed by atoms with E-state index in [2.05, 4.69) is 10.3 Å². The molecule has 1 aliphatic heterocycles. The smallest absolute Gasteiger partial charge is 0.414 e. The molecule has 3 rings (SSSR count). The standard InChI is InChI=1S/C25H32N4O7S/c1-13(30)27-22-28-17-10-9-16(19(32)20(17)37-22)18(31)14-7-8-15(11-25(5,6)35-21(26)33)29(12-14)23(34)36-24(2,3)4/h7-8,12,15,32H,9-11H2,1-6H3,(H2,26,33)(H,27,28,30). The highest BCUT2D eigenvalue weighted by molar-refractivity contribution is 7.16. The Kier molecular flexibility index (Phi) is 7.82. The summed E-state index contributed by atoms with van der Waals surface area (Å²) in [6.07, 6.45) is 3.81. The van der Waals surface area contributed by atoms with Crippen molar-refractivity contribution in [2.45, 2.75) is 78.0 Å². The Hall–Kier alpha value is -3.67. The van der Waals surface area contributed by atoms with Crippen molar-refractivity contribution in [1.29, 1.82) is 0 Å². The number of aromatic nitrogens is 1. The number of aliphatic hydroxyl groups excluding tert-OH is 1. The number of amides is 3. The first-order valence-corrected chi connectivity index (χ1v) is 12.5. The number of aryl methyl sites for hydroxylation is 1. The molecule has 0 spiro atoms. The maximum Gasteiger partial charge on any atom is 0.414 e. The fourth-order valence-electron chi connectivity index (χ4n) is 4.02. The van der Waals surface area contributed by atoms with E-state index < -0.39 is 35.2 Å². The van der Waals surface area contributed by atoms with Crippen LogP contribution in [0.25, 0.3) is 5.76 Å². The van der Waals surface area contributed by atoms with E-state index in [1.165, 1.54) is 18.0 Å². The lowest BCUT2D eigenvalue weighted by molar-refractivity contribution is -0.114. The summed E-state index contributed by atoms with van der Waals surface area (Å²) in [4.78, 5) is 55.2. The van der Waals surface area contributed by atoms with Gasteiger partial charge in [0.2, 0.25) is 5.91 Å². The second kappa shape index (κ2) is 10.4. The first kappa shape index (κ1) is 27.9. The first-order valence-electron chi connectivity index (χ1n) is 11.7. The summed E-state index contributed by atoms with van der Waals surface area (Å²) >= 11 is 1.09. The van der Waals surface area contributed by atoms with Gasteiger partial charge in [-0.15, -0.1) is 0 Å². The summed E-state index contributed by atoms with van der Waals surface area (Å²) in [5.74, 6) is -0.935. The van der Waals surface area contributed by atoms with Gasteiger partial charge >= 0.3 is 12.2 Å². The zero-order valence-electron chi connectivity index (χ0n) is 21.7. The molecular formula is C25H32N4O7S. The lowest BCUT2D eigenvalue weighted by Gasteiger charge is -2.36. The van der Waals surface area contributed by atoms with Crippen LogP contribution in [0.15, 0.2) is 29.5 Å². The van der Waals surface area contributed by atoms with Crippen molar-refractivity contribution >= 4 is 46.1 Å². The van der Waals surface area contributed by atoms with Gasteiger partial charge in [-0.05, 0) is 47.5 Å². The molecular weight excluding hydrogens is 500 g/mol. The predicted octanol–water partition coefficient (Wildman–Crippen LogP) is 4.21. The Morgan fingerprint density at radius 3 is 2.46 bits per heavy atom. The van der Waals surface area contributed by atoms with Gasteiger partial charge in [0.1, 0.15) is 17.0 Å². The molecule has 1 aromatic rings. The van der Waals surface area contributed by atoms with Crippen LogP contribution in [-0.4, -0.2) is 56.1 Å². The van der Waals surface area contributed by atoms with Crippen molar-refractivity contribution in [3.8, 4) is 0 Å². The Labute approximate surface area is 219 Å². The Balaban J connectivity index is 1.92. The van der Waals surface area contributed by atoms with E-state index >= 15 is 0 Å². The third kappa shape index (κ3) is 6.97. The van der Waals surface area contributed by atoms with Crippen LogP contribution in [-0.2, 0) is 25.5 Å². The minimum atomic E-state index is -1.01. The molecule has 0 fully saturated rings. The number of Topliss-reactive ketones (excluding diaryl/α,β-unsaturated/α-hetero) is 1. The molecule has 4 N–H and O–H groups in total.